The van der Waals surface area contributed by atoms with Crippen molar-refractivity contribution in [3.8, 4) is 0 Å². The van der Waals surface area contributed by atoms with Crippen LogP contribution < -0.4 is 5.73 Å². The van der Waals surface area contributed by atoms with E-state index in [1.165, 1.54) is 4.90 Å². The van der Waals surface area contributed by atoms with Crippen LogP contribution in [0.1, 0.15) is 26.2 Å². The zero-order chi connectivity index (χ0) is 10.0. The van der Waals surface area contributed by atoms with E-state index in [1.54, 1.807) is 0 Å². The Labute approximate surface area is 82.1 Å². The smallest absolute Gasteiger partial charge is 0.230 e. The van der Waals surface area contributed by atoms with E-state index in [-0.39, 0.29) is 29.6 Å². The average Bonchev–Trinajstić information content (AvgIpc) is 2.36. The molecule has 0 aromatic heterocycles. The highest BCUT2D eigenvalue weighted by Gasteiger charge is 2.35. The summed E-state index contributed by atoms with van der Waals surface area (Å²) in [5, 5.41) is 0. The lowest BCUT2D eigenvalue weighted by atomic mass is 10.2. The van der Waals surface area contributed by atoms with Crippen LogP contribution in [-0.4, -0.2) is 27.7 Å². The van der Waals surface area contributed by atoms with Gasteiger partial charge in [0.25, 0.3) is 0 Å². The Bertz CT molecular complexity index is 249. The second-order valence-electron chi connectivity index (χ2n) is 2.98. The summed E-state index contributed by atoms with van der Waals surface area (Å²) in [6.07, 6.45) is 1.17. The Morgan fingerprint density at radius 1 is 1.54 bits per heavy atom. The lowest BCUT2D eigenvalue weighted by Crippen LogP contribution is -2.46. The number of carbonyl (C=O) groups is 2. The number of amides is 2. The molecule has 13 heavy (non-hydrogen) atoms. The van der Waals surface area contributed by atoms with Gasteiger partial charge in [-0.15, -0.1) is 0 Å². The number of imide groups is 1. The van der Waals surface area contributed by atoms with Crippen LogP contribution in [0.5, 0.6) is 0 Å². The van der Waals surface area contributed by atoms with Gasteiger partial charge < -0.3 is 5.73 Å². The van der Waals surface area contributed by atoms with Gasteiger partial charge in [0, 0.05) is 12.8 Å². The van der Waals surface area contributed by atoms with E-state index in [0.717, 1.165) is 0 Å². The first kappa shape index (κ1) is 10.1. The second-order valence-corrected chi connectivity index (χ2v) is 3.46. The third-order valence-electron chi connectivity index (χ3n) is 2.12. The van der Waals surface area contributed by atoms with Gasteiger partial charge in [-0.3, -0.25) is 14.5 Å². The molecule has 5 heteroatoms. The number of rotatable bonds is 3. The molecule has 0 saturated carbocycles. The lowest BCUT2D eigenvalue weighted by molar-refractivity contribution is -0.139. The van der Waals surface area contributed by atoms with Crippen molar-refractivity contribution in [2.45, 2.75) is 32.2 Å². The molecule has 1 atom stereocenters. The largest absolute Gasteiger partial charge is 0.392 e. The maximum Gasteiger partial charge on any atom is 0.230 e. The summed E-state index contributed by atoms with van der Waals surface area (Å²) >= 11 is 4.79. The molecular weight excluding hydrogens is 188 g/mol. The van der Waals surface area contributed by atoms with Crippen molar-refractivity contribution >= 4 is 29.0 Å². The molecule has 1 rings (SSSR count). The van der Waals surface area contributed by atoms with Crippen molar-refractivity contribution in [1.82, 2.24) is 4.90 Å². The molecule has 72 valence electrons. The summed E-state index contributed by atoms with van der Waals surface area (Å²) in [4.78, 5) is 24.0. The summed E-state index contributed by atoms with van der Waals surface area (Å²) in [5.74, 6) is -0.325. The van der Waals surface area contributed by atoms with E-state index in [4.69, 9.17) is 18.0 Å². The lowest BCUT2D eigenvalue weighted by Gasteiger charge is -2.23. The molecule has 0 bridgehead atoms. The number of hydrogen-bond donors (Lipinski definition) is 1. The molecule has 0 aromatic carbocycles. The Balaban J connectivity index is 2.84. The molecule has 0 aromatic rings. The van der Waals surface area contributed by atoms with Crippen LogP contribution in [0.25, 0.3) is 0 Å². The molecule has 4 nitrogen and oxygen atoms in total. The van der Waals surface area contributed by atoms with E-state index in [9.17, 15) is 9.59 Å². The van der Waals surface area contributed by atoms with Crippen molar-refractivity contribution in [3.63, 3.8) is 0 Å². The summed E-state index contributed by atoms with van der Waals surface area (Å²) in [5.41, 5.74) is 5.44. The monoisotopic (exact) mass is 200 g/mol. The van der Waals surface area contributed by atoms with Crippen molar-refractivity contribution < 1.29 is 9.59 Å². The average molecular weight is 200 g/mol. The van der Waals surface area contributed by atoms with E-state index < -0.39 is 6.04 Å². The molecule has 1 aliphatic rings. The first-order valence-corrected chi connectivity index (χ1v) is 4.63. The first-order valence-electron chi connectivity index (χ1n) is 4.22. The Morgan fingerprint density at radius 2 is 2.00 bits per heavy atom. The van der Waals surface area contributed by atoms with E-state index in [0.29, 0.717) is 6.42 Å². The van der Waals surface area contributed by atoms with Gasteiger partial charge in [-0.05, 0) is 6.42 Å². The second kappa shape index (κ2) is 3.83. The molecule has 1 fully saturated rings. The van der Waals surface area contributed by atoms with Gasteiger partial charge in [0.1, 0.15) is 0 Å². The zero-order valence-corrected chi connectivity index (χ0v) is 8.26. The minimum atomic E-state index is -0.391. The van der Waals surface area contributed by atoms with Gasteiger partial charge in [-0.25, -0.2) is 0 Å². The summed E-state index contributed by atoms with van der Waals surface area (Å²) in [6.45, 7) is 1.85. The summed E-state index contributed by atoms with van der Waals surface area (Å²) < 4.78 is 0. The Hall–Kier alpha value is -0.970. The standard InChI is InChI=1S/C8H12N2O2S/c1-2-5(8(9)13)10-6(11)3-4-7(10)12/h5H,2-4H2,1H3,(H2,9,13). The van der Waals surface area contributed by atoms with Gasteiger partial charge in [-0.2, -0.15) is 0 Å². The fraction of sp³-hybridized carbons (Fsp3) is 0.625. The third kappa shape index (κ3) is 1.85. The number of nitrogens with zero attached hydrogens (tertiary/aromatic N) is 1. The Kier molecular flexibility index (Phi) is 2.98. The molecule has 1 heterocycles. The van der Waals surface area contributed by atoms with Gasteiger partial charge >= 0.3 is 0 Å². The molecule has 1 saturated heterocycles. The first-order chi connectivity index (χ1) is 6.07. The number of nitrogens with two attached hydrogens (primary N) is 1. The highest BCUT2D eigenvalue weighted by Crippen LogP contribution is 2.17. The van der Waals surface area contributed by atoms with Crippen LogP contribution >= 0.6 is 12.2 Å². The number of carbonyl (C=O) groups excluding carboxylic acids is 2. The fourth-order valence-corrected chi connectivity index (χ4v) is 1.72. The third-order valence-corrected chi connectivity index (χ3v) is 2.39. The predicted octanol–water partition coefficient (Wildman–Crippen LogP) is 0.200. The molecule has 0 spiro atoms. The minimum absolute atomic E-state index is 0.162. The maximum atomic E-state index is 11.3. The van der Waals surface area contributed by atoms with Crippen LogP contribution in [0, 0.1) is 0 Å². The molecule has 1 unspecified atom stereocenters. The highest BCUT2D eigenvalue weighted by atomic mass is 32.1. The minimum Gasteiger partial charge on any atom is -0.392 e. The van der Waals surface area contributed by atoms with Crippen molar-refractivity contribution in [1.29, 1.82) is 0 Å². The number of likely N-dealkylation sites (tertiary alicyclic amines) is 1. The van der Waals surface area contributed by atoms with Crippen LogP contribution in [-0.2, 0) is 9.59 Å². The predicted molar refractivity (Wildman–Crippen MR) is 52.0 cm³/mol. The summed E-state index contributed by atoms with van der Waals surface area (Å²) in [6, 6.07) is -0.391. The van der Waals surface area contributed by atoms with Crippen molar-refractivity contribution in [3.05, 3.63) is 0 Å². The Morgan fingerprint density at radius 3 is 2.31 bits per heavy atom. The van der Waals surface area contributed by atoms with Gasteiger partial charge in [0.05, 0.1) is 11.0 Å². The SMILES string of the molecule is CCC(C(N)=S)N1C(=O)CCC1=O. The van der Waals surface area contributed by atoms with Crippen LogP contribution in [0.4, 0.5) is 0 Å². The van der Waals surface area contributed by atoms with E-state index in [1.807, 2.05) is 6.92 Å². The highest BCUT2D eigenvalue weighted by molar-refractivity contribution is 7.80. The molecule has 0 radical (unpaired) electrons. The topological polar surface area (TPSA) is 63.4 Å². The van der Waals surface area contributed by atoms with Crippen molar-refractivity contribution in [2.75, 3.05) is 0 Å². The quantitative estimate of drug-likeness (QED) is 0.522. The summed E-state index contributed by atoms with van der Waals surface area (Å²) in [7, 11) is 0. The van der Waals surface area contributed by atoms with Crippen LogP contribution in [0.2, 0.25) is 0 Å². The molecular formula is C8H12N2O2S. The zero-order valence-electron chi connectivity index (χ0n) is 7.45. The molecule has 0 aliphatic carbocycles. The van der Waals surface area contributed by atoms with Crippen LogP contribution in [0.3, 0.4) is 0 Å². The van der Waals surface area contributed by atoms with Gasteiger partial charge in [-0.1, -0.05) is 19.1 Å². The van der Waals surface area contributed by atoms with Crippen LogP contribution in [0.15, 0.2) is 0 Å². The van der Waals surface area contributed by atoms with Crippen molar-refractivity contribution in [2.24, 2.45) is 5.73 Å². The normalized spacial score (nSPS) is 19.3. The molecule has 1 aliphatic heterocycles. The maximum absolute atomic E-state index is 11.3. The van der Waals surface area contributed by atoms with Gasteiger partial charge in [0.2, 0.25) is 11.8 Å². The van der Waals surface area contributed by atoms with E-state index >= 15 is 0 Å². The molecule has 2 amide bonds. The number of thiocarbonyl (C=S) groups is 1. The van der Waals surface area contributed by atoms with E-state index in [2.05, 4.69) is 0 Å². The molecule has 2 N–H and O–H groups in total. The van der Waals surface area contributed by atoms with Gasteiger partial charge in [0.15, 0.2) is 0 Å². The fourth-order valence-electron chi connectivity index (χ4n) is 1.45. The number of hydrogen-bond acceptors (Lipinski definition) is 3.